The maximum absolute atomic E-state index is 10.3. The number of unbranched alkanes of at least 4 members (excludes halogenated alkanes) is 14. The largest absolute Gasteiger partial charge is 0.481 e. The van der Waals surface area contributed by atoms with Crippen LogP contribution in [0.1, 0.15) is 110 Å². The van der Waals surface area contributed by atoms with Crippen LogP contribution in [0.15, 0.2) is 12.2 Å². The van der Waals surface area contributed by atoms with Gasteiger partial charge in [0.1, 0.15) is 6.10 Å². The van der Waals surface area contributed by atoms with E-state index in [1.54, 1.807) is 0 Å². The molecule has 0 aromatic heterocycles. The molecule has 0 saturated heterocycles. The average molecular weight is 493 g/mol. The van der Waals surface area contributed by atoms with Gasteiger partial charge >= 0.3 is 17.9 Å². The lowest BCUT2D eigenvalue weighted by Gasteiger charge is -2.03. The number of carboxylic acids is 3. The van der Waals surface area contributed by atoms with Gasteiger partial charge < -0.3 is 30.6 Å². The molecule has 0 heterocycles. The second-order valence-electron chi connectivity index (χ2n) is 8.12. The average Bonchev–Trinajstić information content (AvgIpc) is 2.80. The van der Waals surface area contributed by atoms with E-state index in [0.717, 1.165) is 12.8 Å². The zero-order valence-corrected chi connectivity index (χ0v) is 20.9. The van der Waals surface area contributed by atoms with Crippen molar-refractivity contribution in [2.75, 3.05) is 13.2 Å². The zero-order valence-electron chi connectivity index (χ0n) is 20.9. The van der Waals surface area contributed by atoms with Gasteiger partial charge in [0, 0.05) is 18.6 Å². The zero-order chi connectivity index (χ0) is 26.5. The molecule has 0 bridgehead atoms. The van der Waals surface area contributed by atoms with E-state index >= 15 is 0 Å². The SMILES string of the molecule is CCCCCCCCCCCCCCCCCC(=O)O.O=C(O)C=CC(=O)O.OCC(O)CO. The van der Waals surface area contributed by atoms with Crippen LogP contribution in [0, 0.1) is 0 Å². The quantitative estimate of drug-likeness (QED) is 0.106. The Hall–Kier alpha value is -1.97. The summed E-state index contributed by atoms with van der Waals surface area (Å²) in [6, 6.07) is 0. The Balaban J connectivity index is -0.000000560. The molecular formula is C25H48O9. The van der Waals surface area contributed by atoms with Crippen molar-refractivity contribution in [2.45, 2.75) is 116 Å². The summed E-state index contributed by atoms with van der Waals surface area (Å²) in [5.74, 6) is -3.17. The predicted molar refractivity (Wildman–Crippen MR) is 132 cm³/mol. The van der Waals surface area contributed by atoms with Gasteiger partial charge in [0.05, 0.1) is 13.2 Å². The first kappa shape index (κ1) is 36.6. The summed E-state index contributed by atoms with van der Waals surface area (Å²) in [6.45, 7) is 1.54. The summed E-state index contributed by atoms with van der Waals surface area (Å²) in [5.41, 5.74) is 0. The van der Waals surface area contributed by atoms with Gasteiger partial charge in [0.2, 0.25) is 0 Å². The van der Waals surface area contributed by atoms with Crippen LogP contribution in [-0.2, 0) is 14.4 Å². The van der Waals surface area contributed by atoms with Gasteiger partial charge in [-0.25, -0.2) is 9.59 Å². The van der Waals surface area contributed by atoms with Crippen molar-refractivity contribution in [3.05, 3.63) is 12.2 Å². The van der Waals surface area contributed by atoms with Gasteiger partial charge in [0.15, 0.2) is 0 Å². The Labute approximate surface area is 204 Å². The molecule has 6 N–H and O–H groups in total. The van der Waals surface area contributed by atoms with Crippen molar-refractivity contribution < 1.29 is 45.0 Å². The maximum atomic E-state index is 10.3. The molecule has 34 heavy (non-hydrogen) atoms. The normalized spacial score (nSPS) is 10.4. The highest BCUT2D eigenvalue weighted by atomic mass is 16.4. The van der Waals surface area contributed by atoms with Crippen LogP contribution in [0.5, 0.6) is 0 Å². The Kier molecular flexibility index (Phi) is 33.4. The van der Waals surface area contributed by atoms with Gasteiger partial charge in [-0.05, 0) is 6.42 Å². The molecule has 9 heteroatoms. The summed E-state index contributed by atoms with van der Waals surface area (Å²) in [5, 5.41) is 48.2. The van der Waals surface area contributed by atoms with Gasteiger partial charge in [-0.1, -0.05) is 96.8 Å². The summed E-state index contributed by atoms with van der Waals surface area (Å²) in [6.07, 6.45) is 20.4. The molecule has 0 atom stereocenters. The fourth-order valence-corrected chi connectivity index (χ4v) is 2.85. The molecule has 0 aliphatic heterocycles. The van der Waals surface area contributed by atoms with Crippen LogP contribution >= 0.6 is 0 Å². The lowest BCUT2D eigenvalue weighted by molar-refractivity contribution is -0.137. The minimum atomic E-state index is -1.26. The molecule has 0 aliphatic rings. The highest BCUT2D eigenvalue weighted by molar-refractivity contribution is 5.89. The molecule has 0 fully saturated rings. The van der Waals surface area contributed by atoms with Crippen LogP contribution in [0.25, 0.3) is 0 Å². The smallest absolute Gasteiger partial charge is 0.328 e. The number of aliphatic hydroxyl groups is 3. The summed E-state index contributed by atoms with van der Waals surface area (Å²) in [7, 11) is 0. The molecule has 0 radical (unpaired) electrons. The molecule has 9 nitrogen and oxygen atoms in total. The molecule has 0 rings (SSSR count). The number of aliphatic hydroxyl groups excluding tert-OH is 3. The van der Waals surface area contributed by atoms with E-state index in [1.165, 1.54) is 83.5 Å². The number of rotatable bonds is 20. The second-order valence-corrected chi connectivity index (χ2v) is 8.12. The van der Waals surface area contributed by atoms with E-state index < -0.39 is 24.0 Å². The van der Waals surface area contributed by atoms with Gasteiger partial charge in [-0.3, -0.25) is 4.79 Å². The molecular weight excluding hydrogens is 444 g/mol. The van der Waals surface area contributed by atoms with E-state index in [1.807, 2.05) is 0 Å². The van der Waals surface area contributed by atoms with Crippen LogP contribution in [0.4, 0.5) is 0 Å². The first-order valence-corrected chi connectivity index (χ1v) is 12.5. The van der Waals surface area contributed by atoms with Crippen LogP contribution in [0.2, 0.25) is 0 Å². The predicted octanol–water partition coefficient (Wildman–Crippen LogP) is 4.38. The number of carbonyl (C=O) groups is 3. The van der Waals surface area contributed by atoms with Gasteiger partial charge in [-0.15, -0.1) is 0 Å². The van der Waals surface area contributed by atoms with E-state index in [-0.39, 0.29) is 13.2 Å². The standard InChI is InChI=1S/C18H36O2.C4H4O4.C3H8O3/c1-2-3-4-5-6-7-8-9-10-11-12-13-14-15-16-17-18(19)20;5-3(6)1-2-4(7)8;4-1-3(6)2-5/h2-17H2,1H3,(H,19,20);1-2H,(H,5,6)(H,7,8);3-6H,1-2H2. The first-order chi connectivity index (χ1) is 16.2. The third-order valence-electron chi connectivity index (χ3n) is 4.78. The minimum absolute atomic E-state index is 0.345. The van der Waals surface area contributed by atoms with Gasteiger partial charge in [-0.2, -0.15) is 0 Å². The Morgan fingerprint density at radius 1 is 0.588 bits per heavy atom. The molecule has 202 valence electrons. The number of hydrogen-bond acceptors (Lipinski definition) is 6. The summed E-state index contributed by atoms with van der Waals surface area (Å²) >= 11 is 0. The Morgan fingerprint density at radius 3 is 1.09 bits per heavy atom. The molecule has 0 amide bonds. The third kappa shape index (κ3) is 43.8. The van der Waals surface area contributed by atoms with Gasteiger partial charge in [0.25, 0.3) is 0 Å². The topological polar surface area (TPSA) is 173 Å². The lowest BCUT2D eigenvalue weighted by atomic mass is 10.0. The van der Waals surface area contributed by atoms with Crippen molar-refractivity contribution in [1.82, 2.24) is 0 Å². The third-order valence-corrected chi connectivity index (χ3v) is 4.78. The van der Waals surface area contributed by atoms with E-state index in [0.29, 0.717) is 18.6 Å². The highest BCUT2D eigenvalue weighted by Gasteiger charge is 1.97. The summed E-state index contributed by atoms with van der Waals surface area (Å²) < 4.78 is 0. The van der Waals surface area contributed by atoms with Crippen LogP contribution in [0.3, 0.4) is 0 Å². The van der Waals surface area contributed by atoms with Crippen molar-refractivity contribution in [3.63, 3.8) is 0 Å². The van der Waals surface area contributed by atoms with E-state index in [2.05, 4.69) is 6.92 Å². The fraction of sp³-hybridized carbons (Fsp3) is 0.800. The molecule has 0 spiro atoms. The molecule has 0 aromatic carbocycles. The lowest BCUT2D eigenvalue weighted by Crippen LogP contribution is -2.15. The maximum Gasteiger partial charge on any atom is 0.328 e. The van der Waals surface area contributed by atoms with Crippen molar-refractivity contribution in [2.24, 2.45) is 0 Å². The van der Waals surface area contributed by atoms with Crippen molar-refractivity contribution in [3.8, 4) is 0 Å². The molecule has 0 aromatic rings. The van der Waals surface area contributed by atoms with Crippen molar-refractivity contribution >= 4 is 17.9 Å². The van der Waals surface area contributed by atoms with Crippen LogP contribution in [-0.4, -0.2) is 67.9 Å². The number of carboxylic acid groups (broad SMARTS) is 3. The Bertz CT molecular complexity index is 473. The highest BCUT2D eigenvalue weighted by Crippen LogP contribution is 2.13. The molecule has 0 aliphatic carbocycles. The second kappa shape index (κ2) is 31.0. The Morgan fingerprint density at radius 2 is 0.882 bits per heavy atom. The number of aliphatic carboxylic acids is 3. The van der Waals surface area contributed by atoms with E-state index in [9.17, 15) is 14.4 Å². The number of hydrogen-bond donors (Lipinski definition) is 6. The molecule has 0 unspecified atom stereocenters. The first-order valence-electron chi connectivity index (χ1n) is 12.5. The molecule has 0 saturated carbocycles. The van der Waals surface area contributed by atoms with Crippen molar-refractivity contribution in [1.29, 1.82) is 0 Å². The van der Waals surface area contributed by atoms with E-state index in [4.69, 9.17) is 30.6 Å². The minimum Gasteiger partial charge on any atom is -0.481 e. The monoisotopic (exact) mass is 492 g/mol. The van der Waals surface area contributed by atoms with Crippen LogP contribution < -0.4 is 0 Å². The summed E-state index contributed by atoms with van der Waals surface area (Å²) in [4.78, 5) is 29.4. The fourth-order valence-electron chi connectivity index (χ4n) is 2.85.